The van der Waals surface area contributed by atoms with Crippen LogP contribution < -0.4 is 9.46 Å². The fourth-order valence-electron chi connectivity index (χ4n) is 2.96. The number of anilines is 1. The van der Waals surface area contributed by atoms with Crippen molar-refractivity contribution in [2.24, 2.45) is 0 Å². The minimum Gasteiger partial charge on any atom is -0.487 e. The quantitative estimate of drug-likeness (QED) is 0.453. The predicted octanol–water partition coefficient (Wildman–Crippen LogP) is 4.01. The van der Waals surface area contributed by atoms with Crippen LogP contribution in [0.1, 0.15) is 16.8 Å². The van der Waals surface area contributed by atoms with Gasteiger partial charge in [-0.2, -0.15) is 0 Å². The van der Waals surface area contributed by atoms with Crippen LogP contribution in [0.2, 0.25) is 0 Å². The van der Waals surface area contributed by atoms with Gasteiger partial charge in [-0.3, -0.25) is 4.72 Å². The molecule has 158 valence electrons. The molecule has 0 fully saturated rings. The van der Waals surface area contributed by atoms with E-state index in [-0.39, 0.29) is 11.5 Å². The zero-order valence-corrected chi connectivity index (χ0v) is 17.8. The highest BCUT2D eigenvalue weighted by atomic mass is 32.2. The van der Waals surface area contributed by atoms with Crippen LogP contribution in [0.5, 0.6) is 5.75 Å². The zero-order valence-electron chi connectivity index (χ0n) is 17.0. The van der Waals surface area contributed by atoms with Gasteiger partial charge in [0.15, 0.2) is 0 Å². The van der Waals surface area contributed by atoms with Gasteiger partial charge in [-0.25, -0.2) is 13.1 Å². The topological polar surface area (TPSA) is 86.1 Å². The van der Waals surface area contributed by atoms with Gasteiger partial charge in [0.05, 0.1) is 17.6 Å². The van der Waals surface area contributed by atoms with Crippen LogP contribution in [0.4, 0.5) is 5.69 Å². The Morgan fingerprint density at radius 1 is 0.935 bits per heavy atom. The Balaban J connectivity index is 1.33. The Labute approximate surface area is 181 Å². The normalized spacial score (nSPS) is 11.3. The molecule has 0 saturated heterocycles. The van der Waals surface area contributed by atoms with Crippen molar-refractivity contribution in [3.63, 3.8) is 0 Å². The molecule has 0 saturated carbocycles. The standard InChI is InChI=1S/C23H22N4O3S/c1-18-7-13-23(14-8-18)31(28,29)25-20-9-11-22(12-10-20)30-17-21-16-27(26-24-21)15-19-5-3-2-4-6-19/h2-14,16,25H,15,17H2,1H3. The Kier molecular flexibility index (Phi) is 5.99. The second kappa shape index (κ2) is 9.01. The molecule has 31 heavy (non-hydrogen) atoms. The molecule has 0 radical (unpaired) electrons. The lowest BCUT2D eigenvalue weighted by atomic mass is 10.2. The lowest BCUT2D eigenvalue weighted by Gasteiger charge is -2.09. The number of nitrogens with one attached hydrogen (secondary N) is 1. The summed E-state index contributed by atoms with van der Waals surface area (Å²) in [7, 11) is -3.63. The lowest BCUT2D eigenvalue weighted by molar-refractivity contribution is 0.301. The Morgan fingerprint density at radius 2 is 1.65 bits per heavy atom. The minimum atomic E-state index is -3.63. The summed E-state index contributed by atoms with van der Waals surface area (Å²) < 4.78 is 35.0. The van der Waals surface area contributed by atoms with Gasteiger partial charge in [0, 0.05) is 5.69 Å². The third-order valence-corrected chi connectivity index (χ3v) is 6.00. The van der Waals surface area contributed by atoms with Gasteiger partial charge in [-0.15, -0.1) is 5.10 Å². The summed E-state index contributed by atoms with van der Waals surface area (Å²) in [6, 6.07) is 23.5. The minimum absolute atomic E-state index is 0.219. The van der Waals surface area contributed by atoms with Crippen molar-refractivity contribution in [1.29, 1.82) is 0 Å². The SMILES string of the molecule is Cc1ccc(S(=O)(=O)Nc2ccc(OCc3cn(Cc4ccccc4)nn3)cc2)cc1. The maximum atomic E-state index is 12.5. The second-order valence-corrected chi connectivity index (χ2v) is 8.81. The molecule has 4 aromatic rings. The van der Waals surface area contributed by atoms with Crippen LogP contribution in [0.3, 0.4) is 0 Å². The summed E-state index contributed by atoms with van der Waals surface area (Å²) >= 11 is 0. The molecule has 0 bridgehead atoms. The molecule has 1 N–H and O–H groups in total. The number of rotatable bonds is 8. The molecule has 0 unspecified atom stereocenters. The first-order valence-electron chi connectivity index (χ1n) is 9.73. The van der Waals surface area contributed by atoms with Gasteiger partial charge >= 0.3 is 0 Å². The average Bonchev–Trinajstić information content (AvgIpc) is 3.21. The van der Waals surface area contributed by atoms with E-state index in [2.05, 4.69) is 15.0 Å². The highest BCUT2D eigenvalue weighted by Crippen LogP contribution is 2.20. The first-order chi connectivity index (χ1) is 15.0. The number of hydrogen-bond donors (Lipinski definition) is 1. The Bertz CT molecular complexity index is 1240. The highest BCUT2D eigenvalue weighted by Gasteiger charge is 2.13. The van der Waals surface area contributed by atoms with Gasteiger partial charge in [0.2, 0.25) is 0 Å². The van der Waals surface area contributed by atoms with Crippen LogP contribution >= 0.6 is 0 Å². The van der Waals surface area contributed by atoms with Crippen LogP contribution in [-0.4, -0.2) is 23.4 Å². The molecule has 1 heterocycles. The molecule has 0 amide bonds. The molecule has 7 nitrogen and oxygen atoms in total. The van der Waals surface area contributed by atoms with Gasteiger partial charge in [0.1, 0.15) is 18.1 Å². The number of benzene rings is 3. The molecule has 0 aliphatic heterocycles. The smallest absolute Gasteiger partial charge is 0.261 e. The van der Waals surface area contributed by atoms with Crippen molar-refractivity contribution in [3.05, 3.63) is 102 Å². The van der Waals surface area contributed by atoms with E-state index in [0.29, 0.717) is 23.7 Å². The first kappa shape index (κ1) is 20.6. The molecule has 1 aromatic heterocycles. The lowest BCUT2D eigenvalue weighted by Crippen LogP contribution is -2.12. The number of sulfonamides is 1. The molecular weight excluding hydrogens is 412 g/mol. The molecule has 0 atom stereocenters. The van der Waals surface area contributed by atoms with Crippen molar-refractivity contribution in [1.82, 2.24) is 15.0 Å². The number of ether oxygens (including phenoxy) is 1. The fourth-order valence-corrected chi connectivity index (χ4v) is 4.02. The monoisotopic (exact) mass is 434 g/mol. The molecular formula is C23H22N4O3S. The number of aryl methyl sites for hydroxylation is 1. The van der Waals surface area contributed by atoms with Crippen LogP contribution in [-0.2, 0) is 23.2 Å². The van der Waals surface area contributed by atoms with Crippen LogP contribution in [0, 0.1) is 6.92 Å². The van der Waals surface area contributed by atoms with E-state index in [1.807, 2.05) is 43.5 Å². The molecule has 4 rings (SSSR count). The maximum absolute atomic E-state index is 12.5. The molecule has 8 heteroatoms. The summed E-state index contributed by atoms with van der Waals surface area (Å²) in [5.74, 6) is 0.607. The average molecular weight is 435 g/mol. The van der Waals surface area contributed by atoms with Gasteiger partial charge in [-0.05, 0) is 48.9 Å². The van der Waals surface area contributed by atoms with E-state index in [1.54, 1.807) is 53.2 Å². The number of hydrogen-bond acceptors (Lipinski definition) is 5. The maximum Gasteiger partial charge on any atom is 0.261 e. The largest absolute Gasteiger partial charge is 0.487 e. The van der Waals surface area contributed by atoms with E-state index >= 15 is 0 Å². The van der Waals surface area contributed by atoms with Crippen molar-refractivity contribution in [3.8, 4) is 5.75 Å². The van der Waals surface area contributed by atoms with Crippen molar-refractivity contribution >= 4 is 15.7 Å². The van der Waals surface area contributed by atoms with E-state index in [4.69, 9.17) is 4.74 Å². The summed E-state index contributed by atoms with van der Waals surface area (Å²) in [4.78, 5) is 0.219. The van der Waals surface area contributed by atoms with Crippen molar-refractivity contribution in [2.75, 3.05) is 4.72 Å². The third kappa shape index (κ3) is 5.49. The molecule has 0 spiro atoms. The summed E-state index contributed by atoms with van der Waals surface area (Å²) in [6.45, 7) is 2.82. The first-order valence-corrected chi connectivity index (χ1v) is 11.2. The van der Waals surface area contributed by atoms with Gasteiger partial charge < -0.3 is 4.74 Å². The van der Waals surface area contributed by atoms with Gasteiger partial charge in [-0.1, -0.05) is 53.2 Å². The number of nitrogens with zero attached hydrogens (tertiary/aromatic N) is 3. The second-order valence-electron chi connectivity index (χ2n) is 7.12. The van der Waals surface area contributed by atoms with Gasteiger partial charge in [0.25, 0.3) is 10.0 Å². The summed E-state index contributed by atoms with van der Waals surface area (Å²) in [6.07, 6.45) is 1.84. The summed E-state index contributed by atoms with van der Waals surface area (Å²) in [5, 5.41) is 8.25. The van der Waals surface area contributed by atoms with Crippen molar-refractivity contribution < 1.29 is 13.2 Å². The van der Waals surface area contributed by atoms with E-state index in [0.717, 1.165) is 11.1 Å². The summed E-state index contributed by atoms with van der Waals surface area (Å²) in [5.41, 5.74) is 3.31. The van der Waals surface area contributed by atoms with Crippen LogP contribution in [0.15, 0.2) is 90.0 Å². The Hall–Kier alpha value is -3.65. The van der Waals surface area contributed by atoms with E-state index in [1.165, 1.54) is 0 Å². The highest BCUT2D eigenvalue weighted by molar-refractivity contribution is 7.92. The molecule has 0 aliphatic carbocycles. The van der Waals surface area contributed by atoms with Crippen LogP contribution in [0.25, 0.3) is 0 Å². The third-order valence-electron chi connectivity index (χ3n) is 4.60. The van der Waals surface area contributed by atoms with E-state index in [9.17, 15) is 8.42 Å². The number of aromatic nitrogens is 3. The van der Waals surface area contributed by atoms with E-state index < -0.39 is 10.0 Å². The zero-order chi connectivity index (χ0) is 21.7. The fraction of sp³-hybridized carbons (Fsp3) is 0.130. The Morgan fingerprint density at radius 3 is 2.35 bits per heavy atom. The van der Waals surface area contributed by atoms with Crippen molar-refractivity contribution in [2.45, 2.75) is 25.0 Å². The molecule has 3 aromatic carbocycles. The molecule has 0 aliphatic rings. The predicted molar refractivity (Wildman–Crippen MR) is 118 cm³/mol.